The number of anilines is 1. The number of carbonyl (C=O) groups excluding carboxylic acids is 1. The Labute approximate surface area is 172 Å². The van der Waals surface area contributed by atoms with E-state index in [1.165, 1.54) is 11.8 Å². The second-order valence-corrected chi connectivity index (χ2v) is 7.55. The predicted molar refractivity (Wildman–Crippen MR) is 113 cm³/mol. The van der Waals surface area contributed by atoms with Crippen LogP contribution in [0.5, 0.6) is 0 Å². The van der Waals surface area contributed by atoms with Crippen LogP contribution < -0.4 is 5.32 Å². The van der Waals surface area contributed by atoms with Crippen LogP contribution in [0.15, 0.2) is 47.6 Å². The Hall–Kier alpha value is -3.20. The Morgan fingerprint density at radius 2 is 2.00 bits per heavy atom. The van der Waals surface area contributed by atoms with Gasteiger partial charge in [-0.05, 0) is 61.0 Å². The number of hydrogen-bond donors (Lipinski definition) is 1. The maximum Gasteiger partial charge on any atom is 0.234 e. The Morgan fingerprint density at radius 1 is 1.17 bits per heavy atom. The highest BCUT2D eigenvalue weighted by Gasteiger charge is 2.13. The van der Waals surface area contributed by atoms with Gasteiger partial charge in [0, 0.05) is 12.2 Å². The van der Waals surface area contributed by atoms with Gasteiger partial charge >= 0.3 is 0 Å². The number of fused-ring (bicyclic) bond motifs is 1. The van der Waals surface area contributed by atoms with Gasteiger partial charge in [-0.1, -0.05) is 30.0 Å². The van der Waals surface area contributed by atoms with Crippen molar-refractivity contribution in [1.82, 2.24) is 29.8 Å². The van der Waals surface area contributed by atoms with Crippen LogP contribution in [0.25, 0.3) is 16.7 Å². The monoisotopic (exact) mass is 407 g/mol. The lowest BCUT2D eigenvalue weighted by atomic mass is 10.2. The van der Waals surface area contributed by atoms with Crippen molar-refractivity contribution in [2.75, 3.05) is 11.1 Å². The molecule has 29 heavy (non-hydrogen) atoms. The molecule has 0 aliphatic carbocycles. The topological polar surface area (TPSA) is 90.5 Å². The molecule has 0 saturated carbocycles. The van der Waals surface area contributed by atoms with Crippen LogP contribution in [0.3, 0.4) is 0 Å². The van der Waals surface area contributed by atoms with Gasteiger partial charge < -0.3 is 9.88 Å². The molecule has 0 saturated heterocycles. The zero-order valence-electron chi connectivity index (χ0n) is 16.5. The molecule has 148 valence electrons. The largest absolute Gasteiger partial charge is 0.325 e. The average Bonchev–Trinajstić information content (AvgIpc) is 3.30. The molecule has 9 heteroatoms. The van der Waals surface area contributed by atoms with E-state index >= 15 is 0 Å². The Kier molecular flexibility index (Phi) is 5.30. The van der Waals surface area contributed by atoms with Crippen LogP contribution in [-0.2, 0) is 11.3 Å². The van der Waals surface area contributed by atoms with Crippen molar-refractivity contribution < 1.29 is 4.79 Å². The van der Waals surface area contributed by atoms with E-state index in [9.17, 15) is 4.79 Å². The van der Waals surface area contributed by atoms with Gasteiger partial charge in [0.1, 0.15) is 0 Å². The first-order valence-electron chi connectivity index (χ1n) is 9.30. The van der Waals surface area contributed by atoms with Gasteiger partial charge in [-0.15, -0.1) is 5.10 Å². The molecule has 0 radical (unpaired) electrons. The lowest BCUT2D eigenvalue weighted by Crippen LogP contribution is -2.15. The molecule has 1 N–H and O–H groups in total. The van der Waals surface area contributed by atoms with Crippen molar-refractivity contribution in [2.24, 2.45) is 0 Å². The zero-order valence-corrected chi connectivity index (χ0v) is 17.3. The molecule has 0 atom stereocenters. The lowest BCUT2D eigenvalue weighted by molar-refractivity contribution is -0.113. The van der Waals surface area contributed by atoms with Gasteiger partial charge in [-0.3, -0.25) is 4.79 Å². The van der Waals surface area contributed by atoms with Crippen molar-refractivity contribution >= 4 is 34.4 Å². The van der Waals surface area contributed by atoms with Crippen LogP contribution in [0.2, 0.25) is 0 Å². The van der Waals surface area contributed by atoms with Gasteiger partial charge in [-0.2, -0.15) is 4.68 Å². The minimum atomic E-state index is -0.0899. The highest BCUT2D eigenvalue weighted by molar-refractivity contribution is 7.99. The van der Waals surface area contributed by atoms with E-state index in [0.29, 0.717) is 11.5 Å². The van der Waals surface area contributed by atoms with E-state index in [2.05, 4.69) is 37.3 Å². The van der Waals surface area contributed by atoms with E-state index in [4.69, 9.17) is 0 Å². The molecule has 2 aromatic carbocycles. The Bertz CT molecular complexity index is 1180. The second kappa shape index (κ2) is 8.04. The van der Waals surface area contributed by atoms with Gasteiger partial charge in [0.15, 0.2) is 11.0 Å². The molecule has 2 heterocycles. The van der Waals surface area contributed by atoms with Gasteiger partial charge in [-0.25, -0.2) is 4.98 Å². The summed E-state index contributed by atoms with van der Waals surface area (Å²) in [5.74, 6) is 0.870. The Morgan fingerprint density at radius 3 is 2.76 bits per heavy atom. The fraction of sp³-hybridized carbons (Fsp3) is 0.250. The average molecular weight is 408 g/mol. The minimum absolute atomic E-state index is 0.0899. The minimum Gasteiger partial charge on any atom is -0.325 e. The molecule has 0 spiro atoms. The summed E-state index contributed by atoms with van der Waals surface area (Å²) in [6, 6.07) is 13.7. The molecule has 0 aliphatic heterocycles. The van der Waals surface area contributed by atoms with Crippen LogP contribution in [0.4, 0.5) is 5.69 Å². The first-order valence-corrected chi connectivity index (χ1v) is 10.3. The van der Waals surface area contributed by atoms with Crippen molar-refractivity contribution in [3.8, 4) is 5.69 Å². The summed E-state index contributed by atoms with van der Waals surface area (Å²) in [6.45, 7) is 6.69. The molecule has 0 fully saturated rings. The molecular formula is C20H21N7OS. The van der Waals surface area contributed by atoms with Gasteiger partial charge in [0.05, 0.1) is 22.5 Å². The summed E-state index contributed by atoms with van der Waals surface area (Å²) in [5, 5.41) is 15.4. The number of para-hydroxylation sites is 2. The predicted octanol–water partition coefficient (Wildman–Crippen LogP) is 3.38. The third-order valence-corrected chi connectivity index (χ3v) is 5.59. The number of imidazole rings is 1. The number of benzene rings is 2. The number of tetrazole rings is 1. The van der Waals surface area contributed by atoms with E-state index < -0.39 is 0 Å². The standard InChI is InChI=1S/C20H21N7OS/c1-4-26-17-8-6-5-7-16(17)22-20(26)29-12-19(28)21-15-10-9-13(2)18(11-15)27-14(3)23-24-25-27/h5-11H,4,12H2,1-3H3,(H,21,28). The molecular weight excluding hydrogens is 386 g/mol. The summed E-state index contributed by atoms with van der Waals surface area (Å²) in [5.41, 5.74) is 4.58. The van der Waals surface area contributed by atoms with E-state index in [-0.39, 0.29) is 11.7 Å². The number of nitrogens with one attached hydrogen (secondary N) is 1. The normalized spacial score (nSPS) is 11.1. The van der Waals surface area contributed by atoms with Crippen molar-refractivity contribution in [3.63, 3.8) is 0 Å². The van der Waals surface area contributed by atoms with Crippen LogP contribution >= 0.6 is 11.8 Å². The summed E-state index contributed by atoms with van der Waals surface area (Å²) < 4.78 is 3.78. The van der Waals surface area contributed by atoms with Gasteiger partial charge in [0.25, 0.3) is 0 Å². The first-order chi connectivity index (χ1) is 14.1. The number of nitrogens with zero attached hydrogens (tertiary/aromatic N) is 6. The molecule has 0 bridgehead atoms. The lowest BCUT2D eigenvalue weighted by Gasteiger charge is -2.10. The second-order valence-electron chi connectivity index (χ2n) is 6.60. The van der Waals surface area contributed by atoms with Crippen LogP contribution in [0, 0.1) is 13.8 Å². The maximum atomic E-state index is 12.5. The molecule has 2 aromatic heterocycles. The SMILES string of the molecule is CCn1c(SCC(=O)Nc2ccc(C)c(-n3nnnc3C)c2)nc2ccccc21. The molecule has 0 aliphatic rings. The molecule has 1 amide bonds. The van der Waals surface area contributed by atoms with E-state index in [1.807, 2.05) is 56.3 Å². The highest BCUT2D eigenvalue weighted by Crippen LogP contribution is 2.24. The third-order valence-electron chi connectivity index (χ3n) is 4.61. The van der Waals surface area contributed by atoms with Gasteiger partial charge in [0.2, 0.25) is 5.91 Å². The molecule has 8 nitrogen and oxygen atoms in total. The molecule has 4 rings (SSSR count). The molecule has 0 unspecified atom stereocenters. The van der Waals surface area contributed by atoms with Crippen molar-refractivity contribution in [3.05, 3.63) is 53.9 Å². The first kappa shape index (κ1) is 19.1. The number of thioether (sulfide) groups is 1. The number of aryl methyl sites for hydroxylation is 3. The van der Waals surface area contributed by atoms with E-state index in [0.717, 1.165) is 34.0 Å². The number of carbonyl (C=O) groups is 1. The summed E-state index contributed by atoms with van der Waals surface area (Å²) in [6.07, 6.45) is 0. The number of hydrogen-bond acceptors (Lipinski definition) is 6. The fourth-order valence-corrected chi connectivity index (χ4v) is 4.04. The smallest absolute Gasteiger partial charge is 0.234 e. The van der Waals surface area contributed by atoms with Crippen molar-refractivity contribution in [1.29, 1.82) is 0 Å². The Balaban J connectivity index is 1.48. The quantitative estimate of drug-likeness (QED) is 0.493. The van der Waals surface area contributed by atoms with Crippen molar-refractivity contribution in [2.45, 2.75) is 32.5 Å². The zero-order chi connectivity index (χ0) is 20.4. The fourth-order valence-electron chi connectivity index (χ4n) is 3.17. The molecule has 4 aromatic rings. The number of rotatable bonds is 6. The number of amides is 1. The van der Waals surface area contributed by atoms with Crippen LogP contribution in [0.1, 0.15) is 18.3 Å². The maximum absolute atomic E-state index is 12.5. The number of aromatic nitrogens is 6. The third kappa shape index (κ3) is 3.86. The summed E-state index contributed by atoms with van der Waals surface area (Å²) >= 11 is 1.43. The summed E-state index contributed by atoms with van der Waals surface area (Å²) in [4.78, 5) is 17.2. The highest BCUT2D eigenvalue weighted by atomic mass is 32.2. The van der Waals surface area contributed by atoms with Crippen LogP contribution in [-0.4, -0.2) is 41.4 Å². The van der Waals surface area contributed by atoms with E-state index in [1.54, 1.807) is 4.68 Å². The summed E-state index contributed by atoms with van der Waals surface area (Å²) in [7, 11) is 0.